The molecule has 3 rings (SSSR count). The Balaban J connectivity index is 1.83. The fraction of sp³-hybridized carbons (Fsp3) is 0.333. The van der Waals surface area contributed by atoms with Gasteiger partial charge in [-0.3, -0.25) is 9.69 Å². The summed E-state index contributed by atoms with van der Waals surface area (Å²) >= 11 is 6.64. The molecule has 0 bridgehead atoms. The van der Waals surface area contributed by atoms with Crippen molar-refractivity contribution in [2.75, 3.05) is 24.5 Å². The zero-order chi connectivity index (χ0) is 16.4. The van der Waals surface area contributed by atoms with Gasteiger partial charge < -0.3 is 4.90 Å². The molecule has 3 nitrogen and oxygen atoms in total. The quantitative estimate of drug-likeness (QED) is 0.468. The highest BCUT2D eigenvalue weighted by Gasteiger charge is 2.31. The Morgan fingerprint density at radius 1 is 1.35 bits per heavy atom. The van der Waals surface area contributed by atoms with Gasteiger partial charge >= 0.3 is 0 Å². The zero-order valence-corrected chi connectivity index (χ0v) is 14.9. The molecule has 1 aromatic rings. The number of carbonyl (C=O) groups excluding carboxylic acids is 1. The topological polar surface area (TPSA) is 23.6 Å². The predicted molar refractivity (Wildman–Crippen MR) is 103 cm³/mol. The van der Waals surface area contributed by atoms with E-state index in [0.29, 0.717) is 15.8 Å². The van der Waals surface area contributed by atoms with E-state index in [1.165, 1.54) is 35.9 Å². The Kier molecular flexibility index (Phi) is 4.87. The van der Waals surface area contributed by atoms with Crippen LogP contribution in [0.5, 0.6) is 0 Å². The summed E-state index contributed by atoms with van der Waals surface area (Å²) < 4.78 is 0.604. The van der Waals surface area contributed by atoms with Gasteiger partial charge in [0.2, 0.25) is 0 Å². The van der Waals surface area contributed by atoms with E-state index >= 15 is 0 Å². The maximum absolute atomic E-state index is 12.4. The summed E-state index contributed by atoms with van der Waals surface area (Å²) in [5.74, 6) is -0.0251. The van der Waals surface area contributed by atoms with Crippen molar-refractivity contribution in [3.8, 4) is 0 Å². The van der Waals surface area contributed by atoms with Crippen LogP contribution in [0.4, 0.5) is 5.69 Å². The molecule has 0 radical (unpaired) electrons. The van der Waals surface area contributed by atoms with Crippen LogP contribution < -0.4 is 4.90 Å². The van der Waals surface area contributed by atoms with Gasteiger partial charge in [-0.1, -0.05) is 36.1 Å². The van der Waals surface area contributed by atoms with Crippen molar-refractivity contribution >= 4 is 46.0 Å². The summed E-state index contributed by atoms with van der Waals surface area (Å²) in [6, 6.07) is 6.46. The maximum atomic E-state index is 12.4. The fourth-order valence-electron chi connectivity index (χ4n) is 2.92. The molecule has 2 heterocycles. The van der Waals surface area contributed by atoms with E-state index in [1.54, 1.807) is 11.0 Å². The Morgan fingerprint density at radius 3 is 2.74 bits per heavy atom. The minimum atomic E-state index is -0.0251. The molecule has 0 aromatic heterocycles. The number of hydrogen-bond acceptors (Lipinski definition) is 4. The van der Waals surface area contributed by atoms with Crippen LogP contribution in [0.25, 0.3) is 6.08 Å². The molecule has 0 N–H and O–H groups in total. The molecule has 2 aliphatic rings. The molecule has 0 spiro atoms. The van der Waals surface area contributed by atoms with Gasteiger partial charge in [0.25, 0.3) is 5.91 Å². The molecule has 1 amide bonds. The highest BCUT2D eigenvalue weighted by atomic mass is 32.2. The Hall–Kier alpha value is -1.59. The van der Waals surface area contributed by atoms with Gasteiger partial charge in [-0.2, -0.15) is 0 Å². The minimum Gasteiger partial charge on any atom is -0.372 e. The highest BCUT2D eigenvalue weighted by Crippen LogP contribution is 2.33. The molecular formula is C18H20N2OS2. The van der Waals surface area contributed by atoms with Gasteiger partial charge in [-0.25, -0.2) is 0 Å². The average Bonchev–Trinajstić information content (AvgIpc) is 3.14. The second-order valence-electron chi connectivity index (χ2n) is 5.82. The van der Waals surface area contributed by atoms with Crippen molar-refractivity contribution in [3.05, 3.63) is 46.9 Å². The molecule has 120 valence electrons. The first-order valence-corrected chi connectivity index (χ1v) is 9.04. The second kappa shape index (κ2) is 6.89. The van der Waals surface area contributed by atoms with Crippen molar-refractivity contribution in [1.82, 2.24) is 4.90 Å². The molecule has 23 heavy (non-hydrogen) atoms. The van der Waals surface area contributed by atoms with Gasteiger partial charge in [0, 0.05) is 25.3 Å². The van der Waals surface area contributed by atoms with Crippen molar-refractivity contribution in [2.45, 2.75) is 19.8 Å². The summed E-state index contributed by atoms with van der Waals surface area (Å²) in [7, 11) is 0. The number of rotatable bonds is 4. The predicted octanol–water partition coefficient (Wildman–Crippen LogP) is 3.98. The monoisotopic (exact) mass is 344 g/mol. The standard InChI is InChI=1S/C18H20N2OS2/c1-3-8-20-17(21)16(23-18(20)22)12-14-6-7-15(11-13(14)2)19-9-4-5-10-19/h3,6-7,11-12H,1,4-5,8-10H2,2H3. The van der Waals surface area contributed by atoms with Crippen LogP contribution in [-0.4, -0.2) is 34.8 Å². The number of thiocarbonyl (C=S) groups is 1. The number of amides is 1. The molecular weight excluding hydrogens is 324 g/mol. The lowest BCUT2D eigenvalue weighted by atomic mass is 10.1. The number of hydrogen-bond donors (Lipinski definition) is 0. The number of aryl methyl sites for hydroxylation is 1. The Bertz CT molecular complexity index is 690. The van der Waals surface area contributed by atoms with Crippen LogP contribution in [0.3, 0.4) is 0 Å². The fourth-order valence-corrected chi connectivity index (χ4v) is 4.19. The van der Waals surface area contributed by atoms with E-state index in [2.05, 4.69) is 36.6 Å². The van der Waals surface area contributed by atoms with E-state index in [-0.39, 0.29) is 5.91 Å². The van der Waals surface area contributed by atoms with Crippen molar-refractivity contribution in [2.24, 2.45) is 0 Å². The van der Waals surface area contributed by atoms with E-state index in [9.17, 15) is 4.79 Å². The second-order valence-corrected chi connectivity index (χ2v) is 7.49. The Morgan fingerprint density at radius 2 is 2.09 bits per heavy atom. The van der Waals surface area contributed by atoms with E-state index in [0.717, 1.165) is 18.7 Å². The first kappa shape index (κ1) is 16.3. The van der Waals surface area contributed by atoms with Crippen LogP contribution in [-0.2, 0) is 4.79 Å². The van der Waals surface area contributed by atoms with Gasteiger partial charge in [0.15, 0.2) is 0 Å². The van der Waals surface area contributed by atoms with Gasteiger partial charge in [-0.15, -0.1) is 6.58 Å². The summed E-state index contributed by atoms with van der Waals surface area (Å²) in [5, 5.41) is 0. The first-order chi connectivity index (χ1) is 11.1. The molecule has 0 saturated carbocycles. The molecule has 0 atom stereocenters. The zero-order valence-electron chi connectivity index (χ0n) is 13.2. The summed E-state index contributed by atoms with van der Waals surface area (Å²) in [6.07, 6.45) is 6.19. The summed E-state index contributed by atoms with van der Waals surface area (Å²) in [6.45, 7) is 8.51. The number of carbonyl (C=O) groups is 1. The smallest absolute Gasteiger partial charge is 0.266 e. The Labute approximate surface area is 147 Å². The number of nitrogens with zero attached hydrogens (tertiary/aromatic N) is 2. The van der Waals surface area contributed by atoms with E-state index < -0.39 is 0 Å². The van der Waals surface area contributed by atoms with Crippen molar-refractivity contribution in [3.63, 3.8) is 0 Å². The van der Waals surface area contributed by atoms with Crippen LogP contribution in [0.2, 0.25) is 0 Å². The lowest BCUT2D eigenvalue weighted by Crippen LogP contribution is -2.27. The number of thioether (sulfide) groups is 1. The molecule has 2 fully saturated rings. The number of anilines is 1. The third kappa shape index (κ3) is 3.35. The van der Waals surface area contributed by atoms with Crippen molar-refractivity contribution in [1.29, 1.82) is 0 Å². The van der Waals surface area contributed by atoms with Crippen LogP contribution >= 0.6 is 24.0 Å². The molecule has 0 aliphatic carbocycles. The maximum Gasteiger partial charge on any atom is 0.266 e. The summed E-state index contributed by atoms with van der Waals surface area (Å²) in [4.78, 5) is 17.1. The number of benzene rings is 1. The largest absolute Gasteiger partial charge is 0.372 e. The lowest BCUT2D eigenvalue weighted by molar-refractivity contribution is -0.121. The highest BCUT2D eigenvalue weighted by molar-refractivity contribution is 8.26. The first-order valence-electron chi connectivity index (χ1n) is 7.82. The third-order valence-corrected chi connectivity index (χ3v) is 5.57. The molecule has 2 saturated heterocycles. The molecule has 0 unspecified atom stereocenters. The van der Waals surface area contributed by atoms with Crippen LogP contribution in [0.15, 0.2) is 35.8 Å². The minimum absolute atomic E-state index is 0.0251. The van der Waals surface area contributed by atoms with Crippen LogP contribution in [0.1, 0.15) is 24.0 Å². The van der Waals surface area contributed by atoms with Crippen LogP contribution in [0, 0.1) is 6.92 Å². The summed E-state index contributed by atoms with van der Waals surface area (Å²) in [5.41, 5.74) is 3.53. The SMILES string of the molecule is C=CCN1C(=O)C(=Cc2ccc(N3CCCC3)cc2C)SC1=S. The molecule has 5 heteroatoms. The normalized spacial score (nSPS) is 20.0. The third-order valence-electron chi connectivity index (χ3n) is 4.20. The molecule has 1 aromatic carbocycles. The lowest BCUT2D eigenvalue weighted by Gasteiger charge is -2.18. The van der Waals surface area contributed by atoms with Gasteiger partial charge in [0.1, 0.15) is 4.32 Å². The van der Waals surface area contributed by atoms with E-state index in [1.807, 2.05) is 6.08 Å². The molecule has 2 aliphatic heterocycles. The van der Waals surface area contributed by atoms with Crippen molar-refractivity contribution < 1.29 is 4.79 Å². The van der Waals surface area contributed by atoms with E-state index in [4.69, 9.17) is 12.2 Å². The average molecular weight is 345 g/mol. The van der Waals surface area contributed by atoms with Gasteiger partial charge in [0.05, 0.1) is 4.91 Å². The van der Waals surface area contributed by atoms with Gasteiger partial charge in [-0.05, 0) is 49.1 Å².